The summed E-state index contributed by atoms with van der Waals surface area (Å²) in [6, 6.07) is 8.02. The molecule has 1 saturated carbocycles. The molecule has 160 valence electrons. The number of para-hydroxylation sites is 1. The number of hydrogen-bond acceptors (Lipinski definition) is 4. The Kier molecular flexibility index (Phi) is 4.47. The summed E-state index contributed by atoms with van der Waals surface area (Å²) in [6.45, 7) is 4.55. The first-order valence-corrected chi connectivity index (χ1v) is 11.0. The van der Waals surface area contributed by atoms with E-state index in [1.54, 1.807) is 7.11 Å². The van der Waals surface area contributed by atoms with Crippen LogP contribution in [-0.4, -0.2) is 48.1 Å². The molecule has 1 aromatic rings. The zero-order chi connectivity index (χ0) is 21.1. The topological polar surface area (TPSA) is 67.9 Å². The van der Waals surface area contributed by atoms with Gasteiger partial charge in [0.2, 0.25) is 11.8 Å². The molecule has 1 spiro atoms. The molecule has 2 bridgehead atoms. The standard InChI is InChI=1S/C24H30N2O4/c1-15(2)26-14-24-13-10-18(30-24)19(20(24)22(26)28)21(27)25-23(11-6-7-12-23)16-8-4-5-9-17(16)29-3/h4-5,8-10,13,15,18-20H,6-7,11-12,14H2,1-3H3,(H,25,27)/t18-,19-,20+,24+/m0/s1. The van der Waals surface area contributed by atoms with Gasteiger partial charge in [-0.1, -0.05) is 43.2 Å². The van der Waals surface area contributed by atoms with Crippen molar-refractivity contribution in [3.63, 3.8) is 0 Å². The number of carbonyl (C=O) groups excluding carboxylic acids is 2. The van der Waals surface area contributed by atoms with Gasteiger partial charge in [0.05, 0.1) is 37.1 Å². The molecule has 4 aliphatic rings. The quantitative estimate of drug-likeness (QED) is 0.758. The van der Waals surface area contributed by atoms with Crippen LogP contribution < -0.4 is 10.1 Å². The largest absolute Gasteiger partial charge is 0.496 e. The summed E-state index contributed by atoms with van der Waals surface area (Å²) in [6.07, 6.45) is 7.50. The first-order chi connectivity index (χ1) is 14.4. The van der Waals surface area contributed by atoms with Crippen LogP contribution in [0.2, 0.25) is 0 Å². The lowest BCUT2D eigenvalue weighted by atomic mass is 9.76. The summed E-state index contributed by atoms with van der Waals surface area (Å²) in [5, 5.41) is 3.38. The van der Waals surface area contributed by atoms with E-state index in [1.165, 1.54) is 0 Å². The molecule has 0 aromatic heterocycles. The molecule has 2 saturated heterocycles. The minimum absolute atomic E-state index is 0.0368. The number of nitrogens with zero attached hydrogens (tertiary/aromatic N) is 1. The van der Waals surface area contributed by atoms with E-state index in [-0.39, 0.29) is 24.0 Å². The summed E-state index contributed by atoms with van der Waals surface area (Å²) in [7, 11) is 1.67. The third kappa shape index (κ3) is 2.66. The van der Waals surface area contributed by atoms with Crippen molar-refractivity contribution in [2.75, 3.05) is 13.7 Å². The van der Waals surface area contributed by atoms with Crippen molar-refractivity contribution >= 4 is 11.8 Å². The Labute approximate surface area is 177 Å². The lowest BCUT2D eigenvalue weighted by Crippen LogP contribution is -2.51. The SMILES string of the molecule is COc1ccccc1C1(NC(=O)[C@H]2[C@@H]3C=C[C@]4(CN(C(C)C)C(=O)[C@@H]24)O3)CCCC1. The average molecular weight is 411 g/mol. The highest BCUT2D eigenvalue weighted by molar-refractivity contribution is 5.93. The maximum atomic E-state index is 13.7. The van der Waals surface area contributed by atoms with Gasteiger partial charge in [-0.05, 0) is 32.8 Å². The molecule has 6 heteroatoms. The van der Waals surface area contributed by atoms with Gasteiger partial charge in [-0.25, -0.2) is 0 Å². The van der Waals surface area contributed by atoms with E-state index < -0.39 is 23.0 Å². The monoisotopic (exact) mass is 410 g/mol. The zero-order valence-corrected chi connectivity index (χ0v) is 17.9. The van der Waals surface area contributed by atoms with Crippen LogP contribution in [0, 0.1) is 11.8 Å². The molecule has 30 heavy (non-hydrogen) atoms. The van der Waals surface area contributed by atoms with Gasteiger partial charge in [0.15, 0.2) is 0 Å². The van der Waals surface area contributed by atoms with Crippen LogP contribution in [0.1, 0.15) is 45.1 Å². The highest BCUT2D eigenvalue weighted by Crippen LogP contribution is 2.53. The zero-order valence-electron chi connectivity index (χ0n) is 17.9. The lowest BCUT2D eigenvalue weighted by molar-refractivity contribution is -0.139. The summed E-state index contributed by atoms with van der Waals surface area (Å²) < 4.78 is 11.9. The van der Waals surface area contributed by atoms with Gasteiger partial charge < -0.3 is 19.7 Å². The van der Waals surface area contributed by atoms with Crippen LogP contribution >= 0.6 is 0 Å². The highest BCUT2D eigenvalue weighted by atomic mass is 16.5. The summed E-state index contributed by atoms with van der Waals surface area (Å²) in [5.41, 5.74) is -0.0856. The van der Waals surface area contributed by atoms with Gasteiger partial charge in [0.25, 0.3) is 0 Å². The van der Waals surface area contributed by atoms with Crippen LogP contribution in [0.3, 0.4) is 0 Å². The normalized spacial score (nSPS) is 33.4. The number of fused-ring (bicyclic) bond motifs is 1. The van der Waals surface area contributed by atoms with Crippen LogP contribution in [0.4, 0.5) is 0 Å². The second kappa shape index (κ2) is 6.84. The van der Waals surface area contributed by atoms with E-state index in [1.807, 2.05) is 55.2 Å². The van der Waals surface area contributed by atoms with Crippen molar-refractivity contribution in [3.05, 3.63) is 42.0 Å². The molecular weight excluding hydrogens is 380 g/mol. The number of methoxy groups -OCH3 is 1. The van der Waals surface area contributed by atoms with Crippen LogP contribution in [0.5, 0.6) is 5.75 Å². The third-order valence-corrected chi connectivity index (χ3v) is 7.50. The first-order valence-electron chi connectivity index (χ1n) is 11.0. The van der Waals surface area contributed by atoms with E-state index >= 15 is 0 Å². The minimum atomic E-state index is -0.651. The maximum Gasteiger partial charge on any atom is 0.230 e. The summed E-state index contributed by atoms with van der Waals surface area (Å²) in [5.74, 6) is -0.176. The van der Waals surface area contributed by atoms with Gasteiger partial charge in [-0.15, -0.1) is 0 Å². The van der Waals surface area contributed by atoms with E-state index in [4.69, 9.17) is 9.47 Å². The van der Waals surface area contributed by atoms with E-state index in [0.717, 1.165) is 37.0 Å². The Balaban J connectivity index is 1.46. The van der Waals surface area contributed by atoms with Crippen molar-refractivity contribution in [3.8, 4) is 5.75 Å². The van der Waals surface area contributed by atoms with Gasteiger partial charge in [0.1, 0.15) is 11.4 Å². The first kappa shape index (κ1) is 19.6. The number of hydrogen-bond donors (Lipinski definition) is 1. The molecular formula is C24H30N2O4. The van der Waals surface area contributed by atoms with Gasteiger partial charge in [0, 0.05) is 11.6 Å². The van der Waals surface area contributed by atoms with Gasteiger partial charge in [-0.3, -0.25) is 9.59 Å². The van der Waals surface area contributed by atoms with Crippen LogP contribution in [-0.2, 0) is 19.9 Å². The molecule has 6 nitrogen and oxygen atoms in total. The minimum Gasteiger partial charge on any atom is -0.496 e. The number of carbonyl (C=O) groups is 2. The molecule has 0 radical (unpaired) electrons. The Hall–Kier alpha value is -2.34. The predicted octanol–water partition coefficient (Wildman–Crippen LogP) is 2.77. The predicted molar refractivity (Wildman–Crippen MR) is 112 cm³/mol. The third-order valence-electron chi connectivity index (χ3n) is 7.50. The Morgan fingerprint density at radius 1 is 1.27 bits per heavy atom. The number of ether oxygens (including phenoxy) is 2. The van der Waals surface area contributed by atoms with E-state index in [2.05, 4.69) is 5.32 Å². The number of amides is 2. The second-order valence-electron chi connectivity index (χ2n) is 9.44. The molecule has 3 fully saturated rings. The second-order valence-corrected chi connectivity index (χ2v) is 9.44. The molecule has 1 N–H and O–H groups in total. The smallest absolute Gasteiger partial charge is 0.230 e. The molecule has 4 atom stereocenters. The molecule has 3 heterocycles. The molecule has 1 aliphatic carbocycles. The van der Waals surface area contributed by atoms with Crippen molar-refractivity contribution in [2.24, 2.45) is 11.8 Å². The molecule has 1 aromatic carbocycles. The number of likely N-dealkylation sites (tertiary alicyclic amines) is 1. The molecule has 0 unspecified atom stereocenters. The lowest BCUT2D eigenvalue weighted by Gasteiger charge is -2.35. The fourth-order valence-corrected chi connectivity index (χ4v) is 6.06. The summed E-state index contributed by atoms with van der Waals surface area (Å²) >= 11 is 0. The van der Waals surface area contributed by atoms with Crippen molar-refractivity contribution in [1.82, 2.24) is 10.2 Å². The number of nitrogens with one attached hydrogen (secondary N) is 1. The number of rotatable bonds is 5. The fourth-order valence-electron chi connectivity index (χ4n) is 6.06. The van der Waals surface area contributed by atoms with E-state index in [9.17, 15) is 9.59 Å². The highest BCUT2D eigenvalue weighted by Gasteiger charge is 2.67. The van der Waals surface area contributed by atoms with Crippen molar-refractivity contribution < 1.29 is 19.1 Å². The van der Waals surface area contributed by atoms with Crippen molar-refractivity contribution in [2.45, 2.75) is 62.8 Å². The van der Waals surface area contributed by atoms with Crippen LogP contribution in [0.25, 0.3) is 0 Å². The van der Waals surface area contributed by atoms with Gasteiger partial charge in [-0.2, -0.15) is 0 Å². The Morgan fingerprint density at radius 2 is 2.00 bits per heavy atom. The summed E-state index contributed by atoms with van der Waals surface area (Å²) in [4.78, 5) is 28.8. The molecule has 3 aliphatic heterocycles. The molecule has 5 rings (SSSR count). The van der Waals surface area contributed by atoms with Crippen molar-refractivity contribution in [1.29, 1.82) is 0 Å². The van der Waals surface area contributed by atoms with Crippen LogP contribution in [0.15, 0.2) is 36.4 Å². The average Bonchev–Trinajstić information content (AvgIpc) is 3.49. The molecule has 2 amide bonds. The van der Waals surface area contributed by atoms with E-state index in [0.29, 0.717) is 6.54 Å². The number of benzene rings is 1. The maximum absolute atomic E-state index is 13.7. The Morgan fingerprint density at radius 3 is 2.70 bits per heavy atom. The fraction of sp³-hybridized carbons (Fsp3) is 0.583. The Bertz CT molecular complexity index is 904. The van der Waals surface area contributed by atoms with Gasteiger partial charge >= 0.3 is 0 Å².